The first-order chi connectivity index (χ1) is 18.3. The number of carbonyl (C=O) groups excluding carboxylic acids is 3. The Bertz CT molecular complexity index is 1160. The molecule has 2 aromatic rings. The second kappa shape index (κ2) is 12.5. The van der Waals surface area contributed by atoms with Crippen LogP contribution in [0, 0.1) is 0 Å². The summed E-state index contributed by atoms with van der Waals surface area (Å²) >= 11 is 0. The third-order valence-electron chi connectivity index (χ3n) is 6.47. The first-order valence-electron chi connectivity index (χ1n) is 12.8. The molecule has 1 saturated carbocycles. The Morgan fingerprint density at radius 3 is 2.42 bits per heavy atom. The lowest BCUT2D eigenvalue weighted by atomic mass is 10.0. The van der Waals surface area contributed by atoms with Gasteiger partial charge in [0.05, 0.1) is 25.4 Å². The van der Waals surface area contributed by atoms with E-state index in [4.69, 9.17) is 9.57 Å². The molecule has 0 radical (unpaired) electrons. The molecule has 2 heterocycles. The van der Waals surface area contributed by atoms with Crippen LogP contribution in [0.15, 0.2) is 42.5 Å². The van der Waals surface area contributed by atoms with Crippen LogP contribution in [-0.4, -0.2) is 82.8 Å². The molecule has 4 rings (SSSR count). The topological polar surface area (TPSA) is 138 Å². The Balaban J connectivity index is 1.47. The molecule has 1 aliphatic carbocycles. The van der Waals surface area contributed by atoms with E-state index in [1.807, 2.05) is 36.4 Å². The summed E-state index contributed by atoms with van der Waals surface area (Å²) in [4.78, 5) is 60.7. The van der Waals surface area contributed by atoms with Crippen LogP contribution >= 0.6 is 0 Å². The number of hydrogen-bond acceptors (Lipinski definition) is 8. The van der Waals surface area contributed by atoms with Crippen molar-refractivity contribution in [3.63, 3.8) is 0 Å². The summed E-state index contributed by atoms with van der Waals surface area (Å²) in [6.07, 6.45) is 0.936. The number of hydrogen-bond donors (Lipinski definition) is 2. The van der Waals surface area contributed by atoms with Crippen molar-refractivity contribution in [1.29, 1.82) is 0 Å². The molecule has 1 aromatic carbocycles. The summed E-state index contributed by atoms with van der Waals surface area (Å²) in [5, 5.41) is 13.4. The summed E-state index contributed by atoms with van der Waals surface area (Å²) in [6.45, 7) is 2.86. The molecule has 2 amide bonds. The fourth-order valence-corrected chi connectivity index (χ4v) is 4.30. The molecule has 2 aliphatic rings. The largest absolute Gasteiger partial charge is 0.527 e. The molecule has 0 spiro atoms. The third-order valence-corrected chi connectivity index (χ3v) is 6.47. The van der Waals surface area contributed by atoms with Gasteiger partial charge in [0.2, 0.25) is 5.91 Å². The van der Waals surface area contributed by atoms with Crippen molar-refractivity contribution in [2.45, 2.75) is 44.6 Å². The molecule has 1 aromatic heterocycles. The number of aromatic nitrogens is 1. The highest BCUT2D eigenvalue weighted by Gasteiger charge is 2.31. The Kier molecular flexibility index (Phi) is 8.90. The number of aliphatic carboxylic acids is 1. The van der Waals surface area contributed by atoms with E-state index < -0.39 is 30.0 Å². The van der Waals surface area contributed by atoms with Crippen molar-refractivity contribution in [3.8, 4) is 11.3 Å². The number of carboxylic acids is 1. The van der Waals surface area contributed by atoms with Gasteiger partial charge in [0.25, 0.3) is 5.91 Å². The predicted molar refractivity (Wildman–Crippen MR) is 136 cm³/mol. The average Bonchev–Trinajstić information content (AvgIpc) is 3.77. The lowest BCUT2D eigenvalue weighted by molar-refractivity contribution is -0.157. The van der Waals surface area contributed by atoms with Crippen LogP contribution in [0.3, 0.4) is 0 Å². The van der Waals surface area contributed by atoms with Crippen LogP contribution in [0.2, 0.25) is 0 Å². The second-order valence-electron chi connectivity index (χ2n) is 9.30. The Morgan fingerprint density at radius 1 is 1.08 bits per heavy atom. The number of benzene rings is 1. The van der Waals surface area contributed by atoms with Gasteiger partial charge < -0.3 is 24.9 Å². The van der Waals surface area contributed by atoms with Gasteiger partial charge in [0.1, 0.15) is 11.7 Å². The zero-order valence-electron chi connectivity index (χ0n) is 21.3. The summed E-state index contributed by atoms with van der Waals surface area (Å²) in [5.74, 6) is -1.61. The number of hydroxylamine groups is 2. The fraction of sp³-hybridized carbons (Fsp3) is 0.444. The van der Waals surface area contributed by atoms with E-state index in [-0.39, 0.29) is 51.3 Å². The van der Waals surface area contributed by atoms with E-state index in [9.17, 15) is 24.3 Å². The quantitative estimate of drug-likeness (QED) is 0.449. The van der Waals surface area contributed by atoms with E-state index in [2.05, 4.69) is 10.3 Å². The lowest BCUT2D eigenvalue weighted by Crippen LogP contribution is -2.55. The Hall–Kier alpha value is -3.99. The minimum atomic E-state index is -1.06. The van der Waals surface area contributed by atoms with Crippen molar-refractivity contribution in [2.24, 2.45) is 0 Å². The standard InChI is InChI=1S/C27H32N4O7/c1-2-37-27(36)38-31-14-12-30(13-15-31)26(35)21(10-11-24(32)33)29-25(34)23-17-20(18-8-9-18)16-22(28-23)19-6-4-3-5-7-19/h3-7,16-18,21H,2,8-15H2,1H3,(H,29,34)(H,32,33)/t21-/m0/s1. The molecule has 0 unspecified atom stereocenters. The molecule has 2 N–H and O–H groups in total. The normalized spacial score (nSPS) is 16.4. The summed E-state index contributed by atoms with van der Waals surface area (Å²) in [6, 6.07) is 12.3. The summed E-state index contributed by atoms with van der Waals surface area (Å²) in [7, 11) is 0. The molecule has 11 nitrogen and oxygen atoms in total. The van der Waals surface area contributed by atoms with Gasteiger partial charge in [-0.1, -0.05) is 30.3 Å². The van der Waals surface area contributed by atoms with Gasteiger partial charge >= 0.3 is 12.1 Å². The zero-order valence-corrected chi connectivity index (χ0v) is 21.3. The average molecular weight is 525 g/mol. The number of rotatable bonds is 10. The van der Waals surface area contributed by atoms with Crippen molar-refractivity contribution < 1.29 is 33.9 Å². The van der Waals surface area contributed by atoms with E-state index in [1.54, 1.807) is 13.0 Å². The molecule has 11 heteroatoms. The number of nitrogens with one attached hydrogen (secondary N) is 1. The predicted octanol–water partition coefficient (Wildman–Crippen LogP) is 2.82. The maximum absolute atomic E-state index is 13.3. The molecule has 1 aliphatic heterocycles. The molecule has 202 valence electrons. The van der Waals surface area contributed by atoms with Crippen LogP contribution in [0.1, 0.15) is 54.6 Å². The number of ether oxygens (including phenoxy) is 1. The maximum atomic E-state index is 13.3. The minimum Gasteiger partial charge on any atom is -0.481 e. The molecule has 1 atom stereocenters. The van der Waals surface area contributed by atoms with Gasteiger partial charge in [-0.25, -0.2) is 9.78 Å². The molecule has 1 saturated heterocycles. The minimum absolute atomic E-state index is 0.0622. The van der Waals surface area contributed by atoms with Gasteiger partial charge in [-0.3, -0.25) is 14.4 Å². The second-order valence-corrected chi connectivity index (χ2v) is 9.30. The number of amides is 2. The van der Waals surface area contributed by atoms with Crippen molar-refractivity contribution >= 4 is 23.9 Å². The number of carboxylic acid groups (broad SMARTS) is 1. The van der Waals surface area contributed by atoms with E-state index in [0.29, 0.717) is 11.6 Å². The van der Waals surface area contributed by atoms with Gasteiger partial charge in [-0.05, 0) is 49.8 Å². The van der Waals surface area contributed by atoms with Gasteiger partial charge in [-0.15, -0.1) is 5.06 Å². The van der Waals surface area contributed by atoms with E-state index in [0.717, 1.165) is 24.0 Å². The molecular weight excluding hydrogens is 492 g/mol. The zero-order chi connectivity index (χ0) is 27.1. The van der Waals surface area contributed by atoms with Crippen LogP contribution in [0.25, 0.3) is 11.3 Å². The Morgan fingerprint density at radius 2 is 1.79 bits per heavy atom. The number of carbonyl (C=O) groups is 4. The van der Waals surface area contributed by atoms with Crippen LogP contribution < -0.4 is 5.32 Å². The molecule has 0 bridgehead atoms. The summed E-state index contributed by atoms with van der Waals surface area (Å²) < 4.78 is 4.77. The van der Waals surface area contributed by atoms with E-state index in [1.165, 1.54) is 9.96 Å². The number of nitrogens with zero attached hydrogens (tertiary/aromatic N) is 3. The molecular formula is C27H32N4O7. The SMILES string of the molecule is CCOC(=O)ON1CCN(C(=O)[C@H](CCC(=O)O)NC(=O)c2cc(C3CC3)cc(-c3ccccc3)n2)CC1. The first kappa shape index (κ1) is 27.1. The smallest absolute Gasteiger partial charge is 0.481 e. The third kappa shape index (κ3) is 7.28. The Labute approximate surface area is 220 Å². The number of pyridine rings is 1. The highest BCUT2D eigenvalue weighted by atomic mass is 16.8. The van der Waals surface area contributed by atoms with Crippen molar-refractivity contribution in [1.82, 2.24) is 20.3 Å². The van der Waals surface area contributed by atoms with Crippen LogP contribution in [0.5, 0.6) is 0 Å². The lowest BCUT2D eigenvalue weighted by Gasteiger charge is -2.35. The number of piperazine rings is 1. The van der Waals surface area contributed by atoms with Crippen LogP contribution in [-0.2, 0) is 19.2 Å². The van der Waals surface area contributed by atoms with Gasteiger partial charge in [-0.2, -0.15) is 0 Å². The van der Waals surface area contributed by atoms with Crippen molar-refractivity contribution in [2.75, 3.05) is 32.8 Å². The molecule has 2 fully saturated rings. The fourth-order valence-electron chi connectivity index (χ4n) is 4.30. The first-order valence-corrected chi connectivity index (χ1v) is 12.8. The summed E-state index contributed by atoms with van der Waals surface area (Å²) in [5.41, 5.74) is 2.76. The van der Waals surface area contributed by atoms with Gasteiger partial charge in [0.15, 0.2) is 0 Å². The highest BCUT2D eigenvalue weighted by Crippen LogP contribution is 2.41. The van der Waals surface area contributed by atoms with E-state index >= 15 is 0 Å². The molecule has 38 heavy (non-hydrogen) atoms. The monoisotopic (exact) mass is 524 g/mol. The van der Waals surface area contributed by atoms with Gasteiger partial charge in [0, 0.05) is 25.1 Å². The van der Waals surface area contributed by atoms with Crippen molar-refractivity contribution in [3.05, 3.63) is 53.7 Å². The highest BCUT2D eigenvalue weighted by molar-refractivity contribution is 5.97. The van der Waals surface area contributed by atoms with Crippen LogP contribution in [0.4, 0.5) is 4.79 Å². The maximum Gasteiger partial charge on any atom is 0.527 e.